The topological polar surface area (TPSA) is 55.1 Å². The highest BCUT2D eigenvalue weighted by molar-refractivity contribution is 7.99. The second-order valence-corrected chi connectivity index (χ2v) is 6.95. The first-order valence-electron chi connectivity index (χ1n) is 7.41. The van der Waals surface area contributed by atoms with Crippen LogP contribution in [0.1, 0.15) is 51.8 Å². The summed E-state index contributed by atoms with van der Waals surface area (Å²) in [5, 5.41) is 9.74. The summed E-state index contributed by atoms with van der Waals surface area (Å²) in [7, 11) is 0. The van der Waals surface area contributed by atoms with Crippen LogP contribution in [0.4, 0.5) is 0 Å². The SMILES string of the molecule is CCc1cnc(SCC(=O)O)n1C1CC(C)CC(C)C1. The third-order valence-electron chi connectivity index (χ3n) is 4.05. The van der Waals surface area contributed by atoms with E-state index in [0.717, 1.165) is 23.4 Å². The van der Waals surface area contributed by atoms with Crippen LogP contribution < -0.4 is 0 Å². The number of thioether (sulfide) groups is 1. The molecule has 20 heavy (non-hydrogen) atoms. The molecule has 2 unspecified atom stereocenters. The Morgan fingerprint density at radius 2 is 2.05 bits per heavy atom. The van der Waals surface area contributed by atoms with Gasteiger partial charge in [0, 0.05) is 17.9 Å². The van der Waals surface area contributed by atoms with Gasteiger partial charge in [0.05, 0.1) is 5.75 Å². The summed E-state index contributed by atoms with van der Waals surface area (Å²) < 4.78 is 2.31. The molecule has 112 valence electrons. The number of carboxylic acids is 1. The van der Waals surface area contributed by atoms with Crippen molar-refractivity contribution >= 4 is 17.7 Å². The number of nitrogens with zero attached hydrogens (tertiary/aromatic N) is 2. The van der Waals surface area contributed by atoms with E-state index in [1.165, 1.54) is 36.7 Å². The molecule has 0 spiro atoms. The molecule has 1 N–H and O–H groups in total. The third kappa shape index (κ3) is 3.57. The Balaban J connectivity index is 2.23. The molecular formula is C15H24N2O2S. The lowest BCUT2D eigenvalue weighted by Crippen LogP contribution is -2.24. The normalized spacial score (nSPS) is 26.6. The lowest BCUT2D eigenvalue weighted by molar-refractivity contribution is -0.133. The van der Waals surface area contributed by atoms with Crippen molar-refractivity contribution in [3.05, 3.63) is 11.9 Å². The highest BCUT2D eigenvalue weighted by atomic mass is 32.2. The minimum Gasteiger partial charge on any atom is -0.481 e. The van der Waals surface area contributed by atoms with Gasteiger partial charge >= 0.3 is 5.97 Å². The molecule has 1 aromatic rings. The average Bonchev–Trinajstić information content (AvgIpc) is 2.77. The molecule has 0 aliphatic heterocycles. The maximum atomic E-state index is 10.8. The van der Waals surface area contributed by atoms with Gasteiger partial charge in [-0.15, -0.1) is 0 Å². The monoisotopic (exact) mass is 296 g/mol. The zero-order valence-electron chi connectivity index (χ0n) is 12.5. The van der Waals surface area contributed by atoms with E-state index in [2.05, 4.69) is 30.3 Å². The molecular weight excluding hydrogens is 272 g/mol. The molecule has 1 fully saturated rings. The average molecular weight is 296 g/mol. The molecule has 0 saturated heterocycles. The van der Waals surface area contributed by atoms with E-state index in [-0.39, 0.29) is 5.75 Å². The summed E-state index contributed by atoms with van der Waals surface area (Å²) in [5.74, 6) is 0.757. The minimum absolute atomic E-state index is 0.0813. The van der Waals surface area contributed by atoms with E-state index in [9.17, 15) is 4.79 Å². The van der Waals surface area contributed by atoms with Gasteiger partial charge in [0.2, 0.25) is 0 Å². The van der Waals surface area contributed by atoms with E-state index in [4.69, 9.17) is 5.11 Å². The van der Waals surface area contributed by atoms with Crippen molar-refractivity contribution in [2.75, 3.05) is 5.75 Å². The van der Waals surface area contributed by atoms with Crippen LogP contribution in [0.25, 0.3) is 0 Å². The Morgan fingerprint density at radius 1 is 1.40 bits per heavy atom. The van der Waals surface area contributed by atoms with Crippen LogP contribution in [0.2, 0.25) is 0 Å². The van der Waals surface area contributed by atoms with Gasteiger partial charge in [-0.05, 0) is 37.5 Å². The highest BCUT2D eigenvalue weighted by Gasteiger charge is 2.28. The highest BCUT2D eigenvalue weighted by Crippen LogP contribution is 2.38. The van der Waals surface area contributed by atoms with Crippen LogP contribution in [0.5, 0.6) is 0 Å². The number of aliphatic carboxylic acids is 1. The van der Waals surface area contributed by atoms with Gasteiger partial charge in [-0.25, -0.2) is 4.98 Å². The maximum Gasteiger partial charge on any atom is 0.313 e. The van der Waals surface area contributed by atoms with Crippen LogP contribution in [0.15, 0.2) is 11.4 Å². The molecule has 1 aliphatic rings. The fourth-order valence-electron chi connectivity index (χ4n) is 3.38. The Kier molecular flexibility index (Phi) is 5.13. The summed E-state index contributed by atoms with van der Waals surface area (Å²) >= 11 is 1.34. The lowest BCUT2D eigenvalue weighted by Gasteiger charge is -2.34. The third-order valence-corrected chi connectivity index (χ3v) is 5.00. The first-order valence-corrected chi connectivity index (χ1v) is 8.40. The predicted octanol–water partition coefficient (Wildman–Crippen LogP) is 3.62. The summed E-state index contributed by atoms with van der Waals surface area (Å²) in [5.41, 5.74) is 1.23. The Hall–Kier alpha value is -0.970. The zero-order chi connectivity index (χ0) is 14.7. The summed E-state index contributed by atoms with van der Waals surface area (Å²) in [6, 6.07) is 0.475. The van der Waals surface area contributed by atoms with Crippen LogP contribution in [-0.2, 0) is 11.2 Å². The zero-order valence-corrected chi connectivity index (χ0v) is 13.3. The van der Waals surface area contributed by atoms with Crippen molar-refractivity contribution < 1.29 is 9.90 Å². The number of aromatic nitrogens is 2. The maximum absolute atomic E-state index is 10.8. The van der Waals surface area contributed by atoms with Crippen LogP contribution in [0.3, 0.4) is 0 Å². The number of carboxylic acid groups (broad SMARTS) is 1. The molecule has 0 bridgehead atoms. The Morgan fingerprint density at radius 3 is 2.60 bits per heavy atom. The van der Waals surface area contributed by atoms with E-state index >= 15 is 0 Å². The second-order valence-electron chi connectivity index (χ2n) is 6.01. The second kappa shape index (κ2) is 6.66. The molecule has 1 aromatic heterocycles. The van der Waals surface area contributed by atoms with E-state index in [0.29, 0.717) is 6.04 Å². The van der Waals surface area contributed by atoms with Crippen molar-refractivity contribution in [2.24, 2.45) is 11.8 Å². The Labute approximate surface area is 125 Å². The van der Waals surface area contributed by atoms with Crippen molar-refractivity contribution in [3.8, 4) is 0 Å². The van der Waals surface area contributed by atoms with Crippen LogP contribution in [-0.4, -0.2) is 26.4 Å². The molecule has 0 amide bonds. The van der Waals surface area contributed by atoms with Crippen molar-refractivity contribution in [3.63, 3.8) is 0 Å². The fourth-order valence-corrected chi connectivity index (χ4v) is 4.16. The molecule has 1 heterocycles. The number of imidazole rings is 1. The molecule has 1 aliphatic carbocycles. The predicted molar refractivity (Wildman–Crippen MR) is 81.2 cm³/mol. The quantitative estimate of drug-likeness (QED) is 0.843. The fraction of sp³-hybridized carbons (Fsp3) is 0.733. The molecule has 2 atom stereocenters. The number of hydrogen-bond donors (Lipinski definition) is 1. The molecule has 4 nitrogen and oxygen atoms in total. The number of aryl methyl sites for hydroxylation is 1. The molecule has 5 heteroatoms. The van der Waals surface area contributed by atoms with Crippen LogP contribution >= 0.6 is 11.8 Å². The van der Waals surface area contributed by atoms with Gasteiger partial charge in [-0.2, -0.15) is 0 Å². The standard InChI is InChI=1S/C15H24N2O2S/c1-4-12-8-16-15(20-9-14(18)19)17(12)13-6-10(2)5-11(3)7-13/h8,10-11,13H,4-7,9H2,1-3H3,(H,18,19). The number of carbonyl (C=O) groups is 1. The molecule has 1 saturated carbocycles. The largest absolute Gasteiger partial charge is 0.481 e. The van der Waals surface area contributed by atoms with E-state index < -0.39 is 5.97 Å². The van der Waals surface area contributed by atoms with Gasteiger partial charge < -0.3 is 9.67 Å². The van der Waals surface area contributed by atoms with Crippen molar-refractivity contribution in [1.29, 1.82) is 0 Å². The van der Waals surface area contributed by atoms with Crippen LogP contribution in [0, 0.1) is 11.8 Å². The minimum atomic E-state index is -0.784. The van der Waals surface area contributed by atoms with Crippen molar-refractivity contribution in [1.82, 2.24) is 9.55 Å². The first kappa shape index (κ1) is 15.4. The van der Waals surface area contributed by atoms with Gasteiger partial charge in [0.25, 0.3) is 0 Å². The molecule has 2 rings (SSSR count). The lowest BCUT2D eigenvalue weighted by atomic mass is 9.80. The number of rotatable bonds is 5. The molecule has 0 radical (unpaired) electrons. The van der Waals surface area contributed by atoms with E-state index in [1.807, 2.05) is 6.20 Å². The van der Waals surface area contributed by atoms with Gasteiger partial charge in [0.15, 0.2) is 5.16 Å². The smallest absolute Gasteiger partial charge is 0.313 e. The number of hydrogen-bond acceptors (Lipinski definition) is 3. The van der Waals surface area contributed by atoms with E-state index in [1.54, 1.807) is 0 Å². The van der Waals surface area contributed by atoms with Crippen molar-refractivity contribution in [2.45, 2.75) is 57.7 Å². The van der Waals surface area contributed by atoms with Gasteiger partial charge in [-0.3, -0.25) is 4.79 Å². The Bertz CT molecular complexity index is 462. The summed E-state index contributed by atoms with van der Waals surface area (Å²) in [6.07, 6.45) is 6.50. The summed E-state index contributed by atoms with van der Waals surface area (Å²) in [6.45, 7) is 6.76. The van der Waals surface area contributed by atoms with Gasteiger partial charge in [0.1, 0.15) is 0 Å². The van der Waals surface area contributed by atoms with Gasteiger partial charge in [-0.1, -0.05) is 32.5 Å². The first-order chi connectivity index (χ1) is 9.51. The summed E-state index contributed by atoms with van der Waals surface area (Å²) in [4.78, 5) is 15.2. The molecule has 0 aromatic carbocycles.